The summed E-state index contributed by atoms with van der Waals surface area (Å²) < 4.78 is 1.51. The van der Waals surface area contributed by atoms with Gasteiger partial charge in [-0.2, -0.15) is 6.08 Å². The van der Waals surface area contributed by atoms with E-state index in [4.69, 9.17) is 0 Å². The van der Waals surface area contributed by atoms with Gasteiger partial charge in [-0.1, -0.05) is 117 Å². The van der Waals surface area contributed by atoms with Crippen molar-refractivity contribution in [3.63, 3.8) is 0 Å². The molecule has 0 heterocycles. The number of fused-ring (bicyclic) bond motifs is 3. The fourth-order valence-electron chi connectivity index (χ4n) is 4.93. The molecule has 0 fully saturated rings. The fraction of sp³-hybridized carbons (Fsp3) is 0.514. The molecule has 0 unspecified atom stereocenters. The molecule has 0 aromatic heterocycles. The van der Waals surface area contributed by atoms with Crippen LogP contribution in [0.3, 0.4) is 0 Å². The largest absolute Gasteiger partial charge is 1.00 e. The summed E-state index contributed by atoms with van der Waals surface area (Å²) in [6.45, 7) is 32.3. The topological polar surface area (TPSA) is 0 Å². The van der Waals surface area contributed by atoms with E-state index in [0.29, 0.717) is 0 Å². The monoisotopic (exact) mass is 656 g/mol. The normalized spacial score (nSPS) is 13.2. The Morgan fingerprint density at radius 3 is 1.12 bits per heavy atom. The fourth-order valence-corrected chi connectivity index (χ4v) is 4.93. The predicted octanol–water partition coefficient (Wildman–Crippen LogP) is 4.96. The molecule has 0 N–H and O–H groups in total. The summed E-state index contributed by atoms with van der Waals surface area (Å²) in [5, 5.41) is 5.57. The molecule has 0 saturated carbocycles. The van der Waals surface area contributed by atoms with Crippen molar-refractivity contribution < 1.29 is 49.0 Å². The molecule has 1 aliphatic carbocycles. The summed E-state index contributed by atoms with van der Waals surface area (Å²) in [6, 6.07) is 12.3. The van der Waals surface area contributed by atoms with Crippen molar-refractivity contribution in [3.8, 4) is 0 Å². The van der Waals surface area contributed by atoms with E-state index in [1.54, 1.807) is 24.2 Å². The van der Waals surface area contributed by atoms with Gasteiger partial charge >= 0.3 is 41.3 Å². The minimum Gasteiger partial charge on any atom is -1.00 e. The van der Waals surface area contributed by atoms with E-state index < -0.39 is 0 Å². The summed E-state index contributed by atoms with van der Waals surface area (Å²) >= 11 is 1.55. The first-order valence-corrected chi connectivity index (χ1v) is 15.3. The molecule has 0 spiro atoms. The molecule has 0 radical (unpaired) electrons. The van der Waals surface area contributed by atoms with Crippen LogP contribution in [-0.2, 0) is 45.9 Å². The van der Waals surface area contributed by atoms with E-state index in [1.807, 2.05) is 12.2 Å². The number of benzene rings is 2. The van der Waals surface area contributed by atoms with Gasteiger partial charge in [-0.15, -0.1) is 46.2 Å². The van der Waals surface area contributed by atoms with Gasteiger partial charge in [0, 0.05) is 0 Å². The van der Waals surface area contributed by atoms with Crippen molar-refractivity contribution >= 4 is 24.8 Å². The Labute approximate surface area is 274 Å². The van der Waals surface area contributed by atoms with Crippen molar-refractivity contribution in [1.82, 2.24) is 0 Å². The number of allylic oxidation sites excluding steroid dienone is 4. The molecule has 3 aromatic rings. The van der Waals surface area contributed by atoms with Crippen molar-refractivity contribution in [1.29, 1.82) is 0 Å². The second-order valence-electron chi connectivity index (χ2n) is 15.1. The van der Waals surface area contributed by atoms with Gasteiger partial charge in [0.1, 0.15) is 0 Å². The molecule has 0 nitrogen and oxygen atoms in total. The van der Waals surface area contributed by atoms with Crippen molar-refractivity contribution in [2.75, 3.05) is 0 Å². The molecule has 220 valence electrons. The summed E-state index contributed by atoms with van der Waals surface area (Å²) in [6.07, 6.45) is 10.0. The van der Waals surface area contributed by atoms with Crippen molar-refractivity contribution in [2.24, 2.45) is 0 Å². The summed E-state index contributed by atoms with van der Waals surface area (Å²) in [7, 11) is 0. The molecule has 40 heavy (non-hydrogen) atoms. The minimum atomic E-state index is 0. The van der Waals surface area contributed by atoms with Gasteiger partial charge in [-0.05, 0) is 21.7 Å². The van der Waals surface area contributed by atoms with Crippen LogP contribution in [0, 0.1) is 6.08 Å². The van der Waals surface area contributed by atoms with Gasteiger partial charge in [0.2, 0.25) is 0 Å². The standard InChI is InChI=1S/C29H41.C5H5.C3H6.2ClH.Zr/c1-26(2,3)22-14-18-13-19-15-23(27(4,5)6)25(29(10,11)12)17-21(19)20(18)16-24(22)28(7,8)9;1-2-4-5-3-1;1-3-2;;;/h13-17H,1-12H3;1-3H,4H2;1-2H3;2*1H;/q2*-1;;;;+2/p-2. The molecular weight excluding hydrogens is 607 g/mol. The molecule has 4 rings (SSSR count). The van der Waals surface area contributed by atoms with Crippen LogP contribution in [0.25, 0.3) is 21.5 Å². The maximum absolute atomic E-state index is 2.99. The van der Waals surface area contributed by atoms with Gasteiger partial charge in [-0.3, -0.25) is 6.08 Å². The molecule has 0 saturated heterocycles. The summed E-state index contributed by atoms with van der Waals surface area (Å²) in [5.74, 6) is 0. The van der Waals surface area contributed by atoms with Crippen molar-refractivity contribution in [2.45, 2.75) is 125 Å². The third kappa shape index (κ3) is 10.4. The zero-order chi connectivity index (χ0) is 29.3. The van der Waals surface area contributed by atoms with E-state index in [-0.39, 0.29) is 46.5 Å². The summed E-state index contributed by atoms with van der Waals surface area (Å²) in [5.41, 5.74) is 6.40. The molecular formula is C37H52Cl2Zr-2. The van der Waals surface area contributed by atoms with E-state index in [0.717, 1.165) is 6.42 Å². The van der Waals surface area contributed by atoms with Gasteiger partial charge in [0.15, 0.2) is 0 Å². The average molecular weight is 659 g/mol. The van der Waals surface area contributed by atoms with Crippen molar-refractivity contribution in [3.05, 3.63) is 76.9 Å². The van der Waals surface area contributed by atoms with E-state index >= 15 is 0 Å². The van der Waals surface area contributed by atoms with Crippen LogP contribution in [0.15, 0.2) is 48.6 Å². The van der Waals surface area contributed by atoms with Crippen LogP contribution >= 0.6 is 0 Å². The van der Waals surface area contributed by atoms with E-state index in [1.165, 1.54) is 47.0 Å². The Morgan fingerprint density at radius 1 is 0.625 bits per heavy atom. The molecule has 3 aromatic carbocycles. The Balaban J connectivity index is 0.00000119. The van der Waals surface area contributed by atoms with Crippen LogP contribution < -0.4 is 24.8 Å². The zero-order valence-corrected chi connectivity index (χ0v) is 31.6. The van der Waals surface area contributed by atoms with Gasteiger partial charge in [-0.25, -0.2) is 12.2 Å². The first-order valence-electron chi connectivity index (χ1n) is 14.1. The molecule has 0 atom stereocenters. The van der Waals surface area contributed by atoms with E-state index in [2.05, 4.69) is 139 Å². The smallest absolute Gasteiger partial charge is 0.109 e. The van der Waals surface area contributed by atoms with Crippen LogP contribution in [0.4, 0.5) is 0 Å². The maximum atomic E-state index is 2.99. The number of halogens is 2. The Kier molecular flexibility index (Phi) is 14.2. The Bertz CT molecular complexity index is 1240. The third-order valence-corrected chi connectivity index (χ3v) is 6.80. The third-order valence-electron chi connectivity index (χ3n) is 6.80. The predicted molar refractivity (Wildman–Crippen MR) is 170 cm³/mol. The SMILES string of the molecule is CC(C)(C)c1cc2[cH-]c3cc(C(C)(C)C)c(C(C)(C)C)cc3c2cc1C(C)(C)C.C[C](C)=[Zr+2].[C-]1=CC=CC1.[Cl-].[Cl-]. The van der Waals surface area contributed by atoms with Gasteiger partial charge in [0.05, 0.1) is 0 Å². The number of hydrogen-bond acceptors (Lipinski definition) is 0. The van der Waals surface area contributed by atoms with Crippen LogP contribution in [0.1, 0.15) is 126 Å². The quantitative estimate of drug-likeness (QED) is 0.300. The maximum Gasteiger partial charge on any atom is -0.109 e. The number of hydrogen-bond donors (Lipinski definition) is 0. The molecule has 3 heteroatoms. The first kappa shape index (κ1) is 39.1. The van der Waals surface area contributed by atoms with Crippen LogP contribution in [0.2, 0.25) is 0 Å². The van der Waals surface area contributed by atoms with Gasteiger partial charge in [0.25, 0.3) is 0 Å². The molecule has 1 aliphatic rings. The Hall–Kier alpha value is -0.877. The zero-order valence-electron chi connectivity index (χ0n) is 27.6. The molecule has 0 bridgehead atoms. The summed E-state index contributed by atoms with van der Waals surface area (Å²) in [4.78, 5) is 0. The first-order chi connectivity index (χ1) is 17.1. The van der Waals surface area contributed by atoms with Crippen LogP contribution in [-0.4, -0.2) is 3.21 Å². The molecule has 0 aliphatic heterocycles. The minimum absolute atomic E-state index is 0. The van der Waals surface area contributed by atoms with Gasteiger partial charge < -0.3 is 24.8 Å². The van der Waals surface area contributed by atoms with Crippen LogP contribution in [0.5, 0.6) is 0 Å². The molecule has 0 amide bonds. The Morgan fingerprint density at radius 2 is 0.925 bits per heavy atom. The van der Waals surface area contributed by atoms with E-state index in [9.17, 15) is 0 Å². The second-order valence-corrected chi connectivity index (χ2v) is 17.6. The number of rotatable bonds is 0. The average Bonchev–Trinajstić information content (AvgIpc) is 3.40. The second kappa shape index (κ2) is 14.5.